The molecule has 1 fully saturated rings. The number of rotatable bonds is 6. The average Bonchev–Trinajstić information content (AvgIpc) is 2.52. The zero-order valence-corrected chi connectivity index (χ0v) is 15.4. The van der Waals surface area contributed by atoms with Gasteiger partial charge in [-0.15, -0.1) is 0 Å². The van der Waals surface area contributed by atoms with Gasteiger partial charge in [0.2, 0.25) is 0 Å². The van der Waals surface area contributed by atoms with E-state index >= 15 is 0 Å². The summed E-state index contributed by atoms with van der Waals surface area (Å²) in [5.74, 6) is 0.728. The molecular formula is C17H26BrNOS. The fraction of sp³-hybridized carbons (Fsp3) is 0.647. The summed E-state index contributed by atoms with van der Waals surface area (Å²) in [6.07, 6.45) is 5.83. The van der Waals surface area contributed by atoms with Crippen LogP contribution in [0.15, 0.2) is 33.6 Å². The van der Waals surface area contributed by atoms with Crippen molar-refractivity contribution in [3.8, 4) is 0 Å². The van der Waals surface area contributed by atoms with Gasteiger partial charge < -0.3 is 5.32 Å². The molecule has 1 aliphatic carbocycles. The van der Waals surface area contributed by atoms with Gasteiger partial charge in [0, 0.05) is 15.4 Å². The Morgan fingerprint density at radius 3 is 2.81 bits per heavy atom. The van der Waals surface area contributed by atoms with Crippen LogP contribution >= 0.6 is 15.9 Å². The van der Waals surface area contributed by atoms with Crippen LogP contribution in [0.4, 0.5) is 0 Å². The maximum Gasteiger partial charge on any atom is 0.0577 e. The second-order valence-corrected chi connectivity index (χ2v) is 8.53. The van der Waals surface area contributed by atoms with Crippen molar-refractivity contribution in [3.63, 3.8) is 0 Å². The lowest BCUT2D eigenvalue weighted by atomic mass is 9.84. The molecule has 0 amide bonds. The van der Waals surface area contributed by atoms with E-state index in [-0.39, 0.29) is 5.25 Å². The van der Waals surface area contributed by atoms with Gasteiger partial charge in [-0.25, -0.2) is 0 Å². The first-order chi connectivity index (χ1) is 10.2. The molecule has 4 unspecified atom stereocenters. The molecular weight excluding hydrogens is 346 g/mol. The number of nitrogens with one attached hydrogen (secondary N) is 1. The van der Waals surface area contributed by atoms with Crippen LogP contribution in [0, 0.1) is 5.92 Å². The Labute approximate surface area is 139 Å². The molecule has 2 rings (SSSR count). The standard InChI is InChI=1S/C17H26BrNOS/c1-3-10-19-16-9-8-13(4-2)11-17(16)21(20)15-7-5-6-14(18)12-15/h5-7,12-13,16-17,19H,3-4,8-11H2,1-2H3. The van der Waals surface area contributed by atoms with Crippen molar-refractivity contribution >= 4 is 26.7 Å². The monoisotopic (exact) mass is 371 g/mol. The Balaban J connectivity index is 2.15. The lowest BCUT2D eigenvalue weighted by molar-refractivity contribution is 0.292. The molecule has 0 heterocycles. The molecule has 1 aliphatic rings. The third-order valence-electron chi connectivity index (χ3n) is 4.44. The second kappa shape index (κ2) is 8.44. The summed E-state index contributed by atoms with van der Waals surface area (Å²) in [5, 5.41) is 3.87. The van der Waals surface area contributed by atoms with Crippen molar-refractivity contribution in [2.24, 2.45) is 5.92 Å². The van der Waals surface area contributed by atoms with E-state index in [1.54, 1.807) is 0 Å². The van der Waals surface area contributed by atoms with Crippen molar-refractivity contribution < 1.29 is 4.21 Å². The summed E-state index contributed by atoms with van der Waals surface area (Å²) < 4.78 is 14.0. The summed E-state index contributed by atoms with van der Waals surface area (Å²) in [6.45, 7) is 5.46. The van der Waals surface area contributed by atoms with E-state index in [0.29, 0.717) is 6.04 Å². The maximum absolute atomic E-state index is 13.0. The van der Waals surface area contributed by atoms with Crippen LogP contribution in [-0.2, 0) is 10.8 Å². The molecule has 118 valence electrons. The van der Waals surface area contributed by atoms with Gasteiger partial charge in [-0.2, -0.15) is 0 Å². The van der Waals surface area contributed by atoms with Crippen LogP contribution in [0.2, 0.25) is 0 Å². The fourth-order valence-electron chi connectivity index (χ4n) is 3.15. The Bertz CT molecular complexity index is 480. The fourth-order valence-corrected chi connectivity index (χ4v) is 5.48. The topological polar surface area (TPSA) is 29.1 Å². The van der Waals surface area contributed by atoms with E-state index in [9.17, 15) is 4.21 Å². The molecule has 1 saturated carbocycles. The molecule has 21 heavy (non-hydrogen) atoms. The van der Waals surface area contributed by atoms with Crippen LogP contribution in [0.25, 0.3) is 0 Å². The largest absolute Gasteiger partial charge is 0.313 e. The van der Waals surface area contributed by atoms with Gasteiger partial charge in [-0.1, -0.05) is 42.3 Å². The molecule has 1 aromatic carbocycles. The SMILES string of the molecule is CCCNC1CCC(CC)CC1S(=O)c1cccc(Br)c1. The molecule has 1 N–H and O–H groups in total. The van der Waals surface area contributed by atoms with Crippen LogP contribution in [0.1, 0.15) is 46.0 Å². The summed E-state index contributed by atoms with van der Waals surface area (Å²) in [7, 11) is -0.928. The number of hydrogen-bond acceptors (Lipinski definition) is 2. The van der Waals surface area contributed by atoms with E-state index in [1.165, 1.54) is 12.8 Å². The van der Waals surface area contributed by atoms with Crippen LogP contribution in [0.3, 0.4) is 0 Å². The molecule has 2 nitrogen and oxygen atoms in total. The number of benzene rings is 1. The summed E-state index contributed by atoms with van der Waals surface area (Å²) in [4.78, 5) is 0.953. The Kier molecular flexibility index (Phi) is 6.90. The van der Waals surface area contributed by atoms with E-state index < -0.39 is 10.8 Å². The number of halogens is 1. The highest BCUT2D eigenvalue weighted by molar-refractivity contribution is 9.10. The van der Waals surface area contributed by atoms with Gasteiger partial charge in [0.15, 0.2) is 0 Å². The zero-order chi connectivity index (χ0) is 15.2. The van der Waals surface area contributed by atoms with Crippen molar-refractivity contribution in [2.45, 2.75) is 62.1 Å². The van der Waals surface area contributed by atoms with E-state index in [0.717, 1.165) is 41.1 Å². The Hall–Kier alpha value is -0.190. The first-order valence-corrected chi connectivity index (χ1v) is 10.1. The smallest absolute Gasteiger partial charge is 0.0577 e. The van der Waals surface area contributed by atoms with Crippen molar-refractivity contribution in [1.82, 2.24) is 5.32 Å². The summed E-state index contributed by atoms with van der Waals surface area (Å²) >= 11 is 3.49. The van der Waals surface area contributed by atoms with Crippen LogP contribution < -0.4 is 5.32 Å². The lowest BCUT2D eigenvalue weighted by Gasteiger charge is -2.36. The first-order valence-electron chi connectivity index (χ1n) is 8.05. The third kappa shape index (κ3) is 4.64. The minimum absolute atomic E-state index is 0.240. The molecule has 0 saturated heterocycles. The highest BCUT2D eigenvalue weighted by Gasteiger charge is 2.34. The van der Waals surface area contributed by atoms with E-state index in [1.807, 2.05) is 24.3 Å². The lowest BCUT2D eigenvalue weighted by Crippen LogP contribution is -2.46. The van der Waals surface area contributed by atoms with Crippen molar-refractivity contribution in [3.05, 3.63) is 28.7 Å². The highest BCUT2D eigenvalue weighted by atomic mass is 79.9. The molecule has 0 aromatic heterocycles. The normalized spacial score (nSPS) is 27.5. The van der Waals surface area contributed by atoms with Crippen LogP contribution in [-0.4, -0.2) is 22.0 Å². The van der Waals surface area contributed by atoms with Gasteiger partial charge in [-0.05, 0) is 56.3 Å². The molecule has 4 heteroatoms. The average molecular weight is 372 g/mol. The third-order valence-corrected chi connectivity index (χ3v) is 6.72. The maximum atomic E-state index is 13.0. The molecule has 0 aliphatic heterocycles. The van der Waals surface area contributed by atoms with Crippen molar-refractivity contribution in [2.75, 3.05) is 6.54 Å². The Morgan fingerprint density at radius 1 is 1.33 bits per heavy atom. The van der Waals surface area contributed by atoms with Gasteiger partial charge in [-0.3, -0.25) is 4.21 Å². The van der Waals surface area contributed by atoms with E-state index in [4.69, 9.17) is 0 Å². The molecule has 0 bridgehead atoms. The zero-order valence-electron chi connectivity index (χ0n) is 13.0. The molecule has 4 atom stereocenters. The summed E-state index contributed by atoms with van der Waals surface area (Å²) in [5.41, 5.74) is 0. The van der Waals surface area contributed by atoms with Gasteiger partial charge >= 0.3 is 0 Å². The van der Waals surface area contributed by atoms with Gasteiger partial charge in [0.25, 0.3) is 0 Å². The quantitative estimate of drug-likeness (QED) is 0.796. The number of hydrogen-bond donors (Lipinski definition) is 1. The van der Waals surface area contributed by atoms with Crippen molar-refractivity contribution in [1.29, 1.82) is 0 Å². The van der Waals surface area contributed by atoms with Gasteiger partial charge in [0.1, 0.15) is 0 Å². The molecule has 1 aromatic rings. The molecule has 0 radical (unpaired) electrons. The Morgan fingerprint density at radius 2 is 2.14 bits per heavy atom. The minimum atomic E-state index is -0.928. The first kappa shape index (κ1) is 17.2. The highest BCUT2D eigenvalue weighted by Crippen LogP contribution is 2.32. The predicted octanol–water partition coefficient (Wildman–Crippen LogP) is 4.50. The second-order valence-electron chi connectivity index (χ2n) is 5.94. The van der Waals surface area contributed by atoms with Crippen LogP contribution in [0.5, 0.6) is 0 Å². The molecule has 0 spiro atoms. The summed E-state index contributed by atoms with van der Waals surface area (Å²) in [6, 6.07) is 8.36. The van der Waals surface area contributed by atoms with E-state index in [2.05, 4.69) is 35.1 Å². The predicted molar refractivity (Wildman–Crippen MR) is 94.1 cm³/mol. The van der Waals surface area contributed by atoms with Gasteiger partial charge in [0.05, 0.1) is 16.0 Å². The minimum Gasteiger partial charge on any atom is -0.313 e.